The topological polar surface area (TPSA) is 60.4 Å². The first-order chi connectivity index (χ1) is 7.65. The Labute approximate surface area is 102 Å². The monoisotopic (exact) mass is 240 g/mol. The maximum absolute atomic E-state index is 11.8. The van der Waals surface area contributed by atoms with Gasteiger partial charge in [0.1, 0.15) is 17.2 Å². The molecule has 1 fully saturated rings. The maximum Gasteiger partial charge on any atom is 0.307 e. The average molecular weight is 240 g/mol. The largest absolute Gasteiger partial charge is 0.460 e. The summed E-state index contributed by atoms with van der Waals surface area (Å²) in [7, 11) is 0. The molecule has 4 nitrogen and oxygen atoms in total. The Morgan fingerprint density at radius 3 is 2.06 bits per heavy atom. The zero-order valence-electron chi connectivity index (χ0n) is 11.0. The van der Waals surface area contributed by atoms with Crippen molar-refractivity contribution in [3.8, 4) is 0 Å². The van der Waals surface area contributed by atoms with Gasteiger partial charge < -0.3 is 4.74 Å². The Morgan fingerprint density at radius 1 is 1.18 bits per heavy atom. The van der Waals surface area contributed by atoms with Gasteiger partial charge in [0.25, 0.3) is 0 Å². The standard InChI is InChI=1S/C13H20O4/c1-9(14)7-10(15)13(5-6-13)8-11(16)17-12(2,3)4/h5-8H2,1-4H3. The number of ketones is 2. The molecular formula is C13H20O4. The van der Waals surface area contributed by atoms with Gasteiger partial charge >= 0.3 is 5.97 Å². The van der Waals surface area contributed by atoms with Crippen LogP contribution in [0, 0.1) is 5.41 Å². The van der Waals surface area contributed by atoms with E-state index >= 15 is 0 Å². The van der Waals surface area contributed by atoms with Crippen molar-refractivity contribution in [2.24, 2.45) is 5.41 Å². The molecule has 0 N–H and O–H groups in total. The minimum absolute atomic E-state index is 0.0667. The van der Waals surface area contributed by atoms with E-state index in [4.69, 9.17) is 4.74 Å². The lowest BCUT2D eigenvalue weighted by Gasteiger charge is -2.21. The molecule has 4 heteroatoms. The van der Waals surface area contributed by atoms with E-state index < -0.39 is 11.0 Å². The Balaban J connectivity index is 2.53. The van der Waals surface area contributed by atoms with Crippen LogP contribution < -0.4 is 0 Å². The second-order valence-electron chi connectivity index (χ2n) is 5.85. The van der Waals surface area contributed by atoms with Crippen LogP contribution in [0.1, 0.15) is 53.4 Å². The van der Waals surface area contributed by atoms with E-state index in [1.165, 1.54) is 6.92 Å². The van der Waals surface area contributed by atoms with Crippen molar-refractivity contribution in [2.45, 2.75) is 59.0 Å². The van der Waals surface area contributed by atoms with Crippen LogP contribution in [0.5, 0.6) is 0 Å². The number of hydrogen-bond donors (Lipinski definition) is 0. The van der Waals surface area contributed by atoms with Crippen LogP contribution in [0.15, 0.2) is 0 Å². The van der Waals surface area contributed by atoms with Crippen LogP contribution in [0.3, 0.4) is 0 Å². The van der Waals surface area contributed by atoms with Crippen LogP contribution in [-0.4, -0.2) is 23.1 Å². The number of hydrogen-bond acceptors (Lipinski definition) is 4. The molecule has 96 valence electrons. The summed E-state index contributed by atoms with van der Waals surface area (Å²) in [5.41, 5.74) is -1.13. The van der Waals surface area contributed by atoms with Crippen molar-refractivity contribution < 1.29 is 19.1 Å². The molecule has 0 amide bonds. The summed E-state index contributed by atoms with van der Waals surface area (Å²) in [6.45, 7) is 6.77. The van der Waals surface area contributed by atoms with E-state index in [1.54, 1.807) is 20.8 Å². The van der Waals surface area contributed by atoms with Crippen molar-refractivity contribution in [1.29, 1.82) is 0 Å². The van der Waals surface area contributed by atoms with Crippen LogP contribution in [0.2, 0.25) is 0 Å². The van der Waals surface area contributed by atoms with Crippen LogP contribution in [-0.2, 0) is 19.1 Å². The third kappa shape index (κ3) is 4.29. The summed E-state index contributed by atoms with van der Waals surface area (Å²) in [5, 5.41) is 0. The number of Topliss-reactive ketones (excluding diaryl/α,β-unsaturated/α-hetero) is 2. The quantitative estimate of drug-likeness (QED) is 0.545. The fourth-order valence-electron chi connectivity index (χ4n) is 1.77. The molecule has 0 saturated heterocycles. The molecule has 0 aliphatic heterocycles. The highest BCUT2D eigenvalue weighted by Crippen LogP contribution is 2.50. The van der Waals surface area contributed by atoms with E-state index in [-0.39, 0.29) is 30.4 Å². The van der Waals surface area contributed by atoms with Crippen LogP contribution >= 0.6 is 0 Å². The molecule has 17 heavy (non-hydrogen) atoms. The predicted molar refractivity (Wildman–Crippen MR) is 62.4 cm³/mol. The molecule has 0 radical (unpaired) electrons. The third-order valence-corrected chi connectivity index (χ3v) is 2.76. The summed E-state index contributed by atoms with van der Waals surface area (Å²) in [5.74, 6) is -0.617. The number of rotatable bonds is 5. The highest BCUT2D eigenvalue weighted by Gasteiger charge is 2.51. The first kappa shape index (κ1) is 13.9. The number of esters is 1. The summed E-state index contributed by atoms with van der Waals surface area (Å²) in [4.78, 5) is 34.4. The summed E-state index contributed by atoms with van der Waals surface area (Å²) in [6, 6.07) is 0. The van der Waals surface area contributed by atoms with Crippen molar-refractivity contribution in [2.75, 3.05) is 0 Å². The normalized spacial score (nSPS) is 17.4. The highest BCUT2D eigenvalue weighted by molar-refractivity contribution is 6.03. The predicted octanol–water partition coefficient (Wildman–Crippen LogP) is 2.05. The first-order valence-corrected chi connectivity index (χ1v) is 5.89. The Bertz CT molecular complexity index is 345. The van der Waals surface area contributed by atoms with E-state index in [9.17, 15) is 14.4 Å². The van der Waals surface area contributed by atoms with E-state index in [0.29, 0.717) is 12.8 Å². The third-order valence-electron chi connectivity index (χ3n) is 2.76. The molecular weight excluding hydrogens is 220 g/mol. The van der Waals surface area contributed by atoms with Gasteiger partial charge in [-0.05, 0) is 40.5 Å². The van der Waals surface area contributed by atoms with Gasteiger partial charge in [0.15, 0.2) is 0 Å². The van der Waals surface area contributed by atoms with Gasteiger partial charge in [-0.3, -0.25) is 14.4 Å². The van der Waals surface area contributed by atoms with Crippen molar-refractivity contribution in [3.63, 3.8) is 0 Å². The molecule has 0 aromatic heterocycles. The van der Waals surface area contributed by atoms with E-state index in [0.717, 1.165) is 0 Å². The molecule has 0 spiro atoms. The van der Waals surface area contributed by atoms with Crippen molar-refractivity contribution >= 4 is 17.5 Å². The Hall–Kier alpha value is -1.19. The zero-order chi connectivity index (χ0) is 13.3. The van der Waals surface area contributed by atoms with E-state index in [2.05, 4.69) is 0 Å². The maximum atomic E-state index is 11.8. The molecule has 0 heterocycles. The molecule has 0 bridgehead atoms. The lowest BCUT2D eigenvalue weighted by molar-refractivity contribution is -0.158. The number of ether oxygens (including phenoxy) is 1. The molecule has 0 aromatic carbocycles. The highest BCUT2D eigenvalue weighted by atomic mass is 16.6. The van der Waals surface area contributed by atoms with E-state index in [1.807, 2.05) is 0 Å². The van der Waals surface area contributed by atoms with Gasteiger partial charge in [-0.25, -0.2) is 0 Å². The first-order valence-electron chi connectivity index (χ1n) is 5.89. The summed E-state index contributed by atoms with van der Waals surface area (Å²) >= 11 is 0. The summed E-state index contributed by atoms with van der Waals surface area (Å²) < 4.78 is 5.19. The molecule has 0 aromatic rings. The minimum Gasteiger partial charge on any atom is -0.460 e. The molecule has 0 unspecified atom stereocenters. The van der Waals surface area contributed by atoms with Gasteiger partial charge in [-0.15, -0.1) is 0 Å². The number of carbonyl (C=O) groups excluding carboxylic acids is 3. The fourth-order valence-corrected chi connectivity index (χ4v) is 1.77. The summed E-state index contributed by atoms with van der Waals surface area (Å²) in [6.07, 6.45) is 1.43. The lowest BCUT2D eigenvalue weighted by atomic mass is 9.93. The van der Waals surface area contributed by atoms with Gasteiger partial charge in [-0.1, -0.05) is 0 Å². The Morgan fingerprint density at radius 2 is 1.71 bits per heavy atom. The van der Waals surface area contributed by atoms with Gasteiger partial charge in [0, 0.05) is 5.41 Å². The SMILES string of the molecule is CC(=O)CC(=O)C1(CC(=O)OC(C)(C)C)CC1. The fraction of sp³-hybridized carbons (Fsp3) is 0.769. The number of carbonyl (C=O) groups is 3. The molecule has 1 aliphatic carbocycles. The molecule has 1 rings (SSSR count). The lowest BCUT2D eigenvalue weighted by Crippen LogP contribution is -2.28. The minimum atomic E-state index is -0.603. The van der Waals surface area contributed by atoms with Gasteiger partial charge in [0.05, 0.1) is 12.8 Å². The molecule has 1 saturated carbocycles. The van der Waals surface area contributed by atoms with Gasteiger partial charge in [0.2, 0.25) is 0 Å². The Kier molecular flexibility index (Phi) is 3.74. The zero-order valence-corrected chi connectivity index (χ0v) is 11.0. The van der Waals surface area contributed by atoms with Crippen LogP contribution in [0.4, 0.5) is 0 Å². The molecule has 0 atom stereocenters. The second kappa shape index (κ2) is 4.59. The second-order valence-corrected chi connectivity index (χ2v) is 5.85. The van der Waals surface area contributed by atoms with Crippen molar-refractivity contribution in [1.82, 2.24) is 0 Å². The average Bonchev–Trinajstić information content (AvgIpc) is 2.80. The van der Waals surface area contributed by atoms with Crippen LogP contribution in [0.25, 0.3) is 0 Å². The smallest absolute Gasteiger partial charge is 0.307 e. The van der Waals surface area contributed by atoms with Gasteiger partial charge in [-0.2, -0.15) is 0 Å². The van der Waals surface area contributed by atoms with Crippen molar-refractivity contribution in [3.05, 3.63) is 0 Å². The molecule has 1 aliphatic rings.